The van der Waals surface area contributed by atoms with Crippen LogP contribution in [0.1, 0.15) is 24.8 Å². The van der Waals surface area contributed by atoms with Crippen LogP contribution in [-0.2, 0) is 5.41 Å². The molecule has 1 N–H and O–H groups in total. The van der Waals surface area contributed by atoms with Gasteiger partial charge in [-0.3, -0.25) is 10.1 Å². The molecule has 1 saturated heterocycles. The first-order chi connectivity index (χ1) is 9.99. The minimum absolute atomic E-state index is 0.0238. The first-order valence-electron chi connectivity index (χ1n) is 6.80. The van der Waals surface area contributed by atoms with Gasteiger partial charge in [0.05, 0.1) is 10.3 Å². The topological polar surface area (TPSA) is 94.1 Å². The van der Waals surface area contributed by atoms with Crippen LogP contribution in [-0.4, -0.2) is 28.2 Å². The molecule has 7 heteroatoms. The fourth-order valence-electron chi connectivity index (χ4n) is 2.54. The van der Waals surface area contributed by atoms with E-state index in [0.29, 0.717) is 17.3 Å². The highest BCUT2D eigenvalue weighted by Crippen LogP contribution is 2.31. The van der Waals surface area contributed by atoms with Crippen LogP contribution in [0.5, 0.6) is 0 Å². The molecule has 1 aromatic carbocycles. The summed E-state index contributed by atoms with van der Waals surface area (Å²) in [5.74, 6) is 0.979. The van der Waals surface area contributed by atoms with Crippen molar-refractivity contribution in [3.05, 3.63) is 39.8 Å². The number of nitrogens with one attached hydrogen (secondary N) is 1. The zero-order valence-electron chi connectivity index (χ0n) is 11.9. The van der Waals surface area contributed by atoms with Crippen LogP contribution in [0, 0.1) is 17.0 Å². The van der Waals surface area contributed by atoms with Gasteiger partial charge in [-0.2, -0.15) is 4.98 Å². The van der Waals surface area contributed by atoms with Crippen LogP contribution in [0.2, 0.25) is 0 Å². The Balaban J connectivity index is 2.00. The third-order valence-electron chi connectivity index (χ3n) is 3.98. The molecule has 1 unspecified atom stereocenters. The molecule has 2 aromatic rings. The third-order valence-corrected chi connectivity index (χ3v) is 3.98. The Hall–Kier alpha value is -2.28. The van der Waals surface area contributed by atoms with E-state index in [0.717, 1.165) is 25.1 Å². The highest BCUT2D eigenvalue weighted by Gasteiger charge is 2.36. The Morgan fingerprint density at radius 1 is 1.48 bits per heavy atom. The summed E-state index contributed by atoms with van der Waals surface area (Å²) in [7, 11) is 0. The molecule has 0 spiro atoms. The number of benzene rings is 1. The number of hydrogen-bond donors (Lipinski definition) is 1. The number of nitrogens with zero attached hydrogens (tertiary/aromatic N) is 3. The molecule has 1 aliphatic heterocycles. The molecule has 0 bridgehead atoms. The fraction of sp³-hybridized carbons (Fsp3) is 0.429. The van der Waals surface area contributed by atoms with Gasteiger partial charge in [-0.25, -0.2) is 0 Å². The monoisotopic (exact) mass is 288 g/mol. The summed E-state index contributed by atoms with van der Waals surface area (Å²) in [6.07, 6.45) is 0.933. The predicted molar refractivity (Wildman–Crippen MR) is 76.0 cm³/mol. The minimum atomic E-state index is -0.424. The molecule has 1 atom stereocenters. The van der Waals surface area contributed by atoms with Crippen molar-refractivity contribution in [3.8, 4) is 11.4 Å². The van der Waals surface area contributed by atoms with E-state index in [-0.39, 0.29) is 11.1 Å². The van der Waals surface area contributed by atoms with Crippen molar-refractivity contribution in [1.29, 1.82) is 0 Å². The number of nitro groups is 1. The summed E-state index contributed by atoms with van der Waals surface area (Å²) >= 11 is 0. The highest BCUT2D eigenvalue weighted by molar-refractivity contribution is 5.63. The van der Waals surface area contributed by atoms with E-state index in [1.54, 1.807) is 6.07 Å². The Labute approximate surface area is 121 Å². The normalized spacial score (nSPS) is 21.6. The fourth-order valence-corrected chi connectivity index (χ4v) is 2.54. The lowest BCUT2D eigenvalue weighted by Gasteiger charge is -2.15. The van der Waals surface area contributed by atoms with Crippen molar-refractivity contribution in [2.24, 2.45) is 0 Å². The molecule has 3 rings (SSSR count). The molecule has 0 amide bonds. The molecule has 2 heterocycles. The summed E-state index contributed by atoms with van der Waals surface area (Å²) in [4.78, 5) is 14.9. The maximum atomic E-state index is 10.9. The van der Waals surface area contributed by atoms with E-state index in [4.69, 9.17) is 4.52 Å². The summed E-state index contributed by atoms with van der Waals surface area (Å²) < 4.78 is 5.39. The Morgan fingerprint density at radius 2 is 2.29 bits per heavy atom. The van der Waals surface area contributed by atoms with Crippen molar-refractivity contribution in [2.45, 2.75) is 25.7 Å². The van der Waals surface area contributed by atoms with E-state index < -0.39 is 4.92 Å². The van der Waals surface area contributed by atoms with E-state index in [1.807, 2.05) is 6.92 Å². The summed E-state index contributed by atoms with van der Waals surface area (Å²) in [6.45, 7) is 5.66. The van der Waals surface area contributed by atoms with Gasteiger partial charge in [0, 0.05) is 24.2 Å². The molecule has 0 saturated carbocycles. The van der Waals surface area contributed by atoms with E-state index in [9.17, 15) is 10.1 Å². The highest BCUT2D eigenvalue weighted by atomic mass is 16.6. The quantitative estimate of drug-likeness (QED) is 0.687. The molecule has 1 aromatic heterocycles. The number of aromatic nitrogens is 2. The van der Waals surface area contributed by atoms with Gasteiger partial charge in [-0.05, 0) is 32.4 Å². The second kappa shape index (κ2) is 4.92. The Kier molecular flexibility index (Phi) is 3.21. The molecule has 110 valence electrons. The van der Waals surface area contributed by atoms with E-state index in [1.165, 1.54) is 12.1 Å². The zero-order chi connectivity index (χ0) is 15.0. The van der Waals surface area contributed by atoms with Gasteiger partial charge >= 0.3 is 0 Å². The van der Waals surface area contributed by atoms with Crippen molar-refractivity contribution in [1.82, 2.24) is 15.5 Å². The van der Waals surface area contributed by atoms with Gasteiger partial charge in [0.25, 0.3) is 5.69 Å². The second-order valence-electron chi connectivity index (χ2n) is 5.67. The van der Waals surface area contributed by atoms with Crippen molar-refractivity contribution in [3.63, 3.8) is 0 Å². The van der Waals surface area contributed by atoms with Gasteiger partial charge in [-0.1, -0.05) is 11.2 Å². The Morgan fingerprint density at radius 3 is 2.95 bits per heavy atom. The maximum absolute atomic E-state index is 10.9. The van der Waals surface area contributed by atoms with Crippen LogP contribution >= 0.6 is 0 Å². The van der Waals surface area contributed by atoms with Crippen molar-refractivity contribution >= 4 is 5.69 Å². The van der Waals surface area contributed by atoms with Crippen LogP contribution < -0.4 is 5.32 Å². The van der Waals surface area contributed by atoms with Crippen LogP contribution in [0.25, 0.3) is 11.4 Å². The second-order valence-corrected chi connectivity index (χ2v) is 5.67. The van der Waals surface area contributed by atoms with Crippen LogP contribution in [0.15, 0.2) is 22.7 Å². The lowest BCUT2D eigenvalue weighted by Crippen LogP contribution is -2.25. The van der Waals surface area contributed by atoms with Gasteiger partial charge < -0.3 is 9.84 Å². The zero-order valence-corrected chi connectivity index (χ0v) is 11.9. The number of hydrogen-bond acceptors (Lipinski definition) is 6. The minimum Gasteiger partial charge on any atom is -0.338 e. The number of non-ortho nitro benzene ring substituents is 1. The predicted octanol–water partition coefficient (Wildman–Crippen LogP) is 2.20. The lowest BCUT2D eigenvalue weighted by molar-refractivity contribution is -0.384. The number of nitro benzene ring substituents is 1. The summed E-state index contributed by atoms with van der Waals surface area (Å²) in [5, 5.41) is 18.2. The van der Waals surface area contributed by atoms with Crippen molar-refractivity contribution in [2.75, 3.05) is 13.1 Å². The van der Waals surface area contributed by atoms with Gasteiger partial charge in [0.2, 0.25) is 11.7 Å². The van der Waals surface area contributed by atoms with Gasteiger partial charge in [0.1, 0.15) is 0 Å². The first kappa shape index (κ1) is 13.7. The molecular formula is C14H16N4O3. The average Bonchev–Trinajstić information content (AvgIpc) is 3.08. The molecule has 21 heavy (non-hydrogen) atoms. The molecule has 1 aliphatic rings. The van der Waals surface area contributed by atoms with E-state index >= 15 is 0 Å². The Bertz CT molecular complexity index is 689. The maximum Gasteiger partial charge on any atom is 0.270 e. The van der Waals surface area contributed by atoms with Crippen LogP contribution in [0.3, 0.4) is 0 Å². The van der Waals surface area contributed by atoms with Gasteiger partial charge in [0.15, 0.2) is 0 Å². The molecule has 0 radical (unpaired) electrons. The smallest absolute Gasteiger partial charge is 0.270 e. The largest absolute Gasteiger partial charge is 0.338 e. The van der Waals surface area contributed by atoms with Crippen LogP contribution in [0.4, 0.5) is 5.69 Å². The SMILES string of the molecule is Cc1ccc([N+](=O)[O-])cc1-c1noc(C2(C)CCNC2)n1. The van der Waals surface area contributed by atoms with Crippen molar-refractivity contribution < 1.29 is 9.45 Å². The number of aryl methyl sites for hydroxylation is 1. The molecule has 0 aliphatic carbocycles. The standard InChI is InChI=1S/C14H16N4O3/c1-9-3-4-10(18(19)20)7-11(9)12-16-13(21-17-12)14(2)5-6-15-8-14/h3-4,7,15H,5-6,8H2,1-2H3. The molecular weight excluding hydrogens is 272 g/mol. The third kappa shape index (κ3) is 2.40. The van der Waals surface area contributed by atoms with Gasteiger partial charge in [-0.15, -0.1) is 0 Å². The number of rotatable bonds is 3. The summed E-state index contributed by atoms with van der Waals surface area (Å²) in [6, 6.07) is 4.66. The molecule has 1 fully saturated rings. The first-order valence-corrected chi connectivity index (χ1v) is 6.80. The molecule has 7 nitrogen and oxygen atoms in total. The summed E-state index contributed by atoms with van der Waals surface area (Å²) in [5.41, 5.74) is 1.37. The lowest BCUT2D eigenvalue weighted by atomic mass is 9.90. The average molecular weight is 288 g/mol. The van der Waals surface area contributed by atoms with E-state index in [2.05, 4.69) is 22.4 Å².